The first kappa shape index (κ1) is 16.6. The lowest BCUT2D eigenvalue weighted by atomic mass is 10.2. The van der Waals surface area contributed by atoms with Crippen LogP contribution in [0.1, 0.15) is 15.9 Å². The van der Waals surface area contributed by atoms with E-state index in [2.05, 4.69) is 5.43 Å². The van der Waals surface area contributed by atoms with Gasteiger partial charge in [-0.25, -0.2) is 0 Å². The van der Waals surface area contributed by atoms with Gasteiger partial charge in [-0.3, -0.25) is 15.0 Å². The lowest BCUT2D eigenvalue weighted by molar-refractivity contribution is -0.123. The summed E-state index contributed by atoms with van der Waals surface area (Å²) in [6.45, 7) is 0.187. The molecule has 2 amide bonds. The van der Waals surface area contributed by atoms with Gasteiger partial charge in [0.2, 0.25) is 6.79 Å². The van der Waals surface area contributed by atoms with Gasteiger partial charge in [-0.1, -0.05) is 36.0 Å². The number of rotatable bonds is 3. The predicted molar refractivity (Wildman–Crippen MR) is 101 cm³/mol. The minimum Gasteiger partial charge on any atom is -0.454 e. The van der Waals surface area contributed by atoms with Gasteiger partial charge >= 0.3 is 0 Å². The molecule has 2 aromatic rings. The largest absolute Gasteiger partial charge is 0.454 e. The Morgan fingerprint density at radius 2 is 1.92 bits per heavy atom. The third-order valence-electron chi connectivity index (χ3n) is 3.74. The van der Waals surface area contributed by atoms with E-state index in [4.69, 9.17) is 21.7 Å². The zero-order chi connectivity index (χ0) is 18.1. The van der Waals surface area contributed by atoms with Crippen molar-refractivity contribution in [1.82, 2.24) is 10.4 Å². The molecule has 1 fully saturated rings. The number of thioether (sulfide) groups is 1. The van der Waals surface area contributed by atoms with Gasteiger partial charge in [-0.15, -0.1) is 0 Å². The lowest BCUT2D eigenvalue weighted by Crippen LogP contribution is -2.44. The van der Waals surface area contributed by atoms with Crippen molar-refractivity contribution in [2.24, 2.45) is 0 Å². The Bertz CT molecular complexity index is 943. The maximum atomic E-state index is 12.6. The van der Waals surface area contributed by atoms with Crippen molar-refractivity contribution in [3.05, 3.63) is 64.6 Å². The fourth-order valence-corrected chi connectivity index (χ4v) is 3.65. The van der Waals surface area contributed by atoms with Crippen LogP contribution in [0.15, 0.2) is 53.4 Å². The zero-order valence-corrected chi connectivity index (χ0v) is 14.9. The van der Waals surface area contributed by atoms with Gasteiger partial charge in [0.25, 0.3) is 11.8 Å². The topological polar surface area (TPSA) is 67.9 Å². The molecule has 4 rings (SSSR count). The number of thiocarbonyl (C=S) groups is 1. The normalized spacial score (nSPS) is 17.1. The van der Waals surface area contributed by atoms with Crippen molar-refractivity contribution in [1.29, 1.82) is 0 Å². The molecule has 0 radical (unpaired) electrons. The molecule has 2 heterocycles. The monoisotopic (exact) mass is 384 g/mol. The molecule has 2 aliphatic rings. The second-order valence-electron chi connectivity index (χ2n) is 5.44. The number of nitrogens with zero attached hydrogens (tertiary/aromatic N) is 1. The Kier molecular flexibility index (Phi) is 4.36. The summed E-state index contributed by atoms with van der Waals surface area (Å²) in [4.78, 5) is 25.3. The van der Waals surface area contributed by atoms with Crippen LogP contribution in [0.5, 0.6) is 11.5 Å². The Balaban J connectivity index is 1.53. The Hall–Kier alpha value is -2.84. The van der Waals surface area contributed by atoms with E-state index in [0.717, 1.165) is 22.3 Å². The summed E-state index contributed by atoms with van der Waals surface area (Å²) in [6.07, 6.45) is 1.70. The first-order valence-corrected chi connectivity index (χ1v) is 8.88. The average Bonchev–Trinajstić information content (AvgIpc) is 3.22. The van der Waals surface area contributed by atoms with Gasteiger partial charge in [0.15, 0.2) is 15.8 Å². The maximum Gasteiger partial charge on any atom is 0.285 e. The van der Waals surface area contributed by atoms with Crippen LogP contribution in [-0.2, 0) is 4.79 Å². The molecule has 8 heteroatoms. The molecule has 0 spiro atoms. The second-order valence-corrected chi connectivity index (χ2v) is 7.11. The maximum absolute atomic E-state index is 12.6. The number of carbonyl (C=O) groups excluding carboxylic acids is 2. The number of nitrogens with one attached hydrogen (secondary N) is 1. The fraction of sp³-hybridized carbons (Fsp3) is 0.0556. The minimum absolute atomic E-state index is 0.187. The van der Waals surface area contributed by atoms with Crippen molar-refractivity contribution in [2.75, 3.05) is 6.79 Å². The number of amides is 2. The molecule has 1 N–H and O–H groups in total. The minimum atomic E-state index is -0.397. The molecule has 0 unspecified atom stereocenters. The third kappa shape index (κ3) is 3.16. The molecular formula is C18H12N2O4S2. The number of carbonyl (C=O) groups is 2. The molecule has 2 aliphatic heterocycles. The van der Waals surface area contributed by atoms with E-state index in [-0.39, 0.29) is 17.0 Å². The number of hydrogen-bond acceptors (Lipinski definition) is 6. The van der Waals surface area contributed by atoms with Gasteiger partial charge in [0.1, 0.15) is 0 Å². The van der Waals surface area contributed by atoms with E-state index in [1.165, 1.54) is 0 Å². The second kappa shape index (κ2) is 6.81. The van der Waals surface area contributed by atoms with E-state index in [0.29, 0.717) is 22.0 Å². The summed E-state index contributed by atoms with van der Waals surface area (Å²) >= 11 is 6.36. The third-order valence-corrected chi connectivity index (χ3v) is 5.04. The van der Waals surface area contributed by atoms with Crippen molar-refractivity contribution >= 4 is 46.2 Å². The van der Waals surface area contributed by atoms with Crippen LogP contribution in [0.25, 0.3) is 6.08 Å². The standard InChI is InChI=1S/C18H12N2O4S2/c21-16(12-4-2-1-3-5-12)19-20-17(22)15(26-18(20)25)9-11-6-7-13-14(8-11)24-10-23-13/h1-9H,10H2,(H,19,21)/b15-9+. The molecule has 0 atom stereocenters. The van der Waals surface area contributed by atoms with Gasteiger partial charge in [0.05, 0.1) is 4.91 Å². The Morgan fingerprint density at radius 1 is 1.15 bits per heavy atom. The van der Waals surface area contributed by atoms with Gasteiger partial charge < -0.3 is 9.47 Å². The van der Waals surface area contributed by atoms with Crippen LogP contribution < -0.4 is 14.9 Å². The zero-order valence-electron chi connectivity index (χ0n) is 13.3. The fourth-order valence-electron chi connectivity index (χ4n) is 2.47. The van der Waals surface area contributed by atoms with Crippen LogP contribution in [-0.4, -0.2) is 27.9 Å². The van der Waals surface area contributed by atoms with Crippen LogP contribution in [0.2, 0.25) is 0 Å². The molecule has 0 saturated carbocycles. The van der Waals surface area contributed by atoms with Crippen molar-refractivity contribution in [3.63, 3.8) is 0 Å². The predicted octanol–water partition coefficient (Wildman–Crippen LogP) is 2.96. The molecule has 2 aromatic carbocycles. The van der Waals surface area contributed by atoms with Crippen LogP contribution in [0.3, 0.4) is 0 Å². The highest BCUT2D eigenvalue weighted by Gasteiger charge is 2.33. The summed E-state index contributed by atoms with van der Waals surface area (Å²) in [5.74, 6) is 0.532. The van der Waals surface area contributed by atoms with Crippen molar-refractivity contribution in [3.8, 4) is 11.5 Å². The van der Waals surface area contributed by atoms with Crippen molar-refractivity contribution in [2.45, 2.75) is 0 Å². The highest BCUT2D eigenvalue weighted by Crippen LogP contribution is 2.35. The highest BCUT2D eigenvalue weighted by atomic mass is 32.2. The van der Waals surface area contributed by atoms with E-state index >= 15 is 0 Å². The molecular weight excluding hydrogens is 372 g/mol. The smallest absolute Gasteiger partial charge is 0.285 e. The van der Waals surface area contributed by atoms with Crippen molar-refractivity contribution < 1.29 is 19.1 Å². The van der Waals surface area contributed by atoms with Gasteiger partial charge in [0, 0.05) is 5.56 Å². The SMILES string of the molecule is O=C(NN1C(=O)/C(=C\c2ccc3c(c2)OCO3)SC1=S)c1ccccc1. The molecule has 0 aromatic heterocycles. The van der Waals surface area contributed by atoms with Gasteiger partial charge in [-0.05, 0) is 48.1 Å². The summed E-state index contributed by atoms with van der Waals surface area (Å²) in [5.41, 5.74) is 3.78. The number of fused-ring (bicyclic) bond motifs is 1. The van der Waals surface area contributed by atoms with Crippen LogP contribution in [0, 0.1) is 0 Å². The van der Waals surface area contributed by atoms with Crippen LogP contribution >= 0.6 is 24.0 Å². The number of benzene rings is 2. The van der Waals surface area contributed by atoms with E-state index in [9.17, 15) is 9.59 Å². The molecule has 26 heavy (non-hydrogen) atoms. The van der Waals surface area contributed by atoms with E-state index < -0.39 is 5.91 Å². The Labute approximate surface area is 158 Å². The quantitative estimate of drug-likeness (QED) is 0.648. The average molecular weight is 384 g/mol. The van der Waals surface area contributed by atoms with E-state index in [1.54, 1.807) is 42.5 Å². The summed E-state index contributed by atoms with van der Waals surface area (Å²) in [7, 11) is 0. The van der Waals surface area contributed by atoms with Crippen LogP contribution in [0.4, 0.5) is 0 Å². The molecule has 0 aliphatic carbocycles. The summed E-state index contributed by atoms with van der Waals surface area (Å²) in [6, 6.07) is 14.0. The molecule has 0 bridgehead atoms. The summed E-state index contributed by atoms with van der Waals surface area (Å²) < 4.78 is 10.9. The summed E-state index contributed by atoms with van der Waals surface area (Å²) in [5, 5.41) is 1.09. The number of ether oxygens (including phenoxy) is 2. The number of hydrazine groups is 1. The first-order valence-electron chi connectivity index (χ1n) is 7.65. The highest BCUT2D eigenvalue weighted by molar-refractivity contribution is 8.26. The molecule has 1 saturated heterocycles. The first-order chi connectivity index (χ1) is 12.6. The van der Waals surface area contributed by atoms with Gasteiger partial charge in [-0.2, -0.15) is 5.01 Å². The lowest BCUT2D eigenvalue weighted by Gasteiger charge is -2.15. The Morgan fingerprint density at radius 3 is 2.73 bits per heavy atom. The number of hydrogen-bond donors (Lipinski definition) is 1. The molecule has 6 nitrogen and oxygen atoms in total. The van der Waals surface area contributed by atoms with E-state index in [1.807, 2.05) is 12.1 Å². The molecule has 130 valence electrons.